The standard InChI is InChI=1S/C11H12FN3O2/c12-8-5-7(15-3-1-13-2-4-15)6-9-10(8)17-11(16)14-9/h5-6,13H,1-4H2,(H,14,16). The Morgan fingerprint density at radius 3 is 2.82 bits per heavy atom. The summed E-state index contributed by atoms with van der Waals surface area (Å²) in [4.78, 5) is 15.6. The number of hydrogen-bond acceptors (Lipinski definition) is 4. The van der Waals surface area contributed by atoms with Gasteiger partial charge in [-0.25, -0.2) is 9.18 Å². The van der Waals surface area contributed by atoms with Crippen molar-refractivity contribution >= 4 is 16.8 Å². The highest BCUT2D eigenvalue weighted by Crippen LogP contribution is 2.23. The van der Waals surface area contributed by atoms with Crippen molar-refractivity contribution in [2.45, 2.75) is 0 Å². The van der Waals surface area contributed by atoms with Gasteiger partial charge in [0.25, 0.3) is 0 Å². The lowest BCUT2D eigenvalue weighted by Crippen LogP contribution is -2.43. The average molecular weight is 237 g/mol. The number of halogens is 1. The van der Waals surface area contributed by atoms with E-state index in [1.165, 1.54) is 6.07 Å². The summed E-state index contributed by atoms with van der Waals surface area (Å²) in [5.41, 5.74) is 1.17. The van der Waals surface area contributed by atoms with Crippen molar-refractivity contribution in [2.24, 2.45) is 0 Å². The SMILES string of the molecule is O=c1[nH]c2cc(N3CCNCC3)cc(F)c2o1. The fourth-order valence-corrected chi connectivity index (χ4v) is 2.11. The number of hydrogen-bond donors (Lipinski definition) is 2. The molecule has 1 saturated heterocycles. The summed E-state index contributed by atoms with van der Waals surface area (Å²) in [6, 6.07) is 3.15. The van der Waals surface area contributed by atoms with Gasteiger partial charge in [0.15, 0.2) is 11.4 Å². The van der Waals surface area contributed by atoms with Crippen LogP contribution in [0, 0.1) is 5.82 Å². The second-order valence-electron chi connectivity index (χ2n) is 4.06. The predicted molar refractivity (Wildman–Crippen MR) is 61.9 cm³/mol. The molecule has 0 aliphatic carbocycles. The molecular formula is C11H12FN3O2. The molecule has 0 bridgehead atoms. The van der Waals surface area contributed by atoms with Crippen LogP contribution in [0.1, 0.15) is 0 Å². The van der Waals surface area contributed by atoms with Crippen LogP contribution >= 0.6 is 0 Å². The van der Waals surface area contributed by atoms with E-state index < -0.39 is 11.6 Å². The second kappa shape index (κ2) is 3.89. The first-order valence-electron chi connectivity index (χ1n) is 5.52. The normalized spacial score (nSPS) is 16.6. The van der Waals surface area contributed by atoms with E-state index in [2.05, 4.69) is 15.2 Å². The molecule has 2 N–H and O–H groups in total. The van der Waals surface area contributed by atoms with Gasteiger partial charge in [-0.2, -0.15) is 0 Å². The molecule has 6 heteroatoms. The molecule has 2 heterocycles. The van der Waals surface area contributed by atoms with Gasteiger partial charge in [0.1, 0.15) is 0 Å². The van der Waals surface area contributed by atoms with E-state index >= 15 is 0 Å². The smallest absolute Gasteiger partial charge is 0.405 e. The number of oxazole rings is 1. The summed E-state index contributed by atoms with van der Waals surface area (Å²) < 4.78 is 18.4. The maximum atomic E-state index is 13.7. The molecule has 1 fully saturated rings. The Morgan fingerprint density at radius 1 is 1.29 bits per heavy atom. The fraction of sp³-hybridized carbons (Fsp3) is 0.364. The van der Waals surface area contributed by atoms with E-state index in [0.29, 0.717) is 5.52 Å². The zero-order valence-electron chi connectivity index (χ0n) is 9.12. The van der Waals surface area contributed by atoms with Crippen molar-refractivity contribution in [2.75, 3.05) is 31.1 Å². The summed E-state index contributed by atoms with van der Waals surface area (Å²) in [6.45, 7) is 3.41. The molecule has 0 atom stereocenters. The van der Waals surface area contributed by atoms with Crippen LogP contribution in [0.3, 0.4) is 0 Å². The molecule has 0 unspecified atom stereocenters. The third-order valence-corrected chi connectivity index (χ3v) is 2.94. The first-order chi connectivity index (χ1) is 8.24. The van der Waals surface area contributed by atoms with Crippen molar-refractivity contribution in [1.29, 1.82) is 0 Å². The Morgan fingerprint density at radius 2 is 2.06 bits per heavy atom. The molecule has 1 aromatic heterocycles. The van der Waals surface area contributed by atoms with Gasteiger partial charge in [-0.15, -0.1) is 0 Å². The Bertz CT molecular complexity index is 598. The van der Waals surface area contributed by atoms with Gasteiger partial charge in [-0.1, -0.05) is 0 Å². The largest absolute Gasteiger partial charge is 0.417 e. The summed E-state index contributed by atoms with van der Waals surface area (Å²) in [6.07, 6.45) is 0. The number of aromatic amines is 1. The highest BCUT2D eigenvalue weighted by molar-refractivity contribution is 5.78. The Kier molecular flexibility index (Phi) is 2.36. The Labute approximate surface area is 96.2 Å². The molecule has 2 aromatic rings. The van der Waals surface area contributed by atoms with Crippen molar-refractivity contribution in [1.82, 2.24) is 10.3 Å². The molecule has 1 aromatic carbocycles. The van der Waals surface area contributed by atoms with E-state index in [-0.39, 0.29) is 5.58 Å². The first-order valence-corrected chi connectivity index (χ1v) is 5.52. The minimum atomic E-state index is -0.628. The summed E-state index contributed by atoms with van der Waals surface area (Å²) in [5.74, 6) is -1.13. The molecule has 0 spiro atoms. The van der Waals surface area contributed by atoms with Gasteiger partial charge >= 0.3 is 5.76 Å². The summed E-state index contributed by atoms with van der Waals surface area (Å²) in [7, 11) is 0. The van der Waals surface area contributed by atoms with Crippen molar-refractivity contribution in [3.05, 3.63) is 28.5 Å². The van der Waals surface area contributed by atoms with Gasteiger partial charge < -0.3 is 14.6 Å². The number of fused-ring (bicyclic) bond motifs is 1. The van der Waals surface area contributed by atoms with E-state index in [1.54, 1.807) is 6.07 Å². The third kappa shape index (κ3) is 1.80. The van der Waals surface area contributed by atoms with E-state index in [1.807, 2.05) is 0 Å². The molecule has 5 nitrogen and oxygen atoms in total. The lowest BCUT2D eigenvalue weighted by Gasteiger charge is -2.29. The van der Waals surface area contributed by atoms with Crippen molar-refractivity contribution in [3.63, 3.8) is 0 Å². The molecule has 90 valence electrons. The lowest BCUT2D eigenvalue weighted by molar-refractivity contribution is 0.523. The molecule has 1 aliphatic rings. The number of anilines is 1. The van der Waals surface area contributed by atoms with Crippen molar-refractivity contribution < 1.29 is 8.81 Å². The molecule has 3 rings (SSSR count). The van der Waals surface area contributed by atoms with Crippen LogP contribution in [0.15, 0.2) is 21.3 Å². The van der Waals surface area contributed by atoms with Crippen LogP contribution < -0.4 is 16.0 Å². The fourth-order valence-electron chi connectivity index (χ4n) is 2.11. The molecule has 1 aliphatic heterocycles. The number of benzene rings is 1. The molecule has 0 amide bonds. The number of aromatic nitrogens is 1. The van der Waals surface area contributed by atoms with Gasteiger partial charge in [-0.05, 0) is 6.07 Å². The minimum Gasteiger partial charge on any atom is -0.405 e. The molecule has 17 heavy (non-hydrogen) atoms. The van der Waals surface area contributed by atoms with Crippen LogP contribution in [0.2, 0.25) is 0 Å². The number of nitrogens with one attached hydrogen (secondary N) is 2. The highest BCUT2D eigenvalue weighted by Gasteiger charge is 2.15. The molecular weight excluding hydrogens is 225 g/mol. The zero-order valence-corrected chi connectivity index (χ0v) is 9.12. The highest BCUT2D eigenvalue weighted by atomic mass is 19.1. The topological polar surface area (TPSA) is 61.3 Å². The second-order valence-corrected chi connectivity index (χ2v) is 4.06. The average Bonchev–Trinajstić information content (AvgIpc) is 2.71. The van der Waals surface area contributed by atoms with Crippen LogP contribution in [0.25, 0.3) is 11.1 Å². The van der Waals surface area contributed by atoms with Crippen LogP contribution in [-0.4, -0.2) is 31.2 Å². The molecule has 0 radical (unpaired) electrons. The zero-order chi connectivity index (χ0) is 11.8. The summed E-state index contributed by atoms with van der Waals surface area (Å²) >= 11 is 0. The van der Waals surface area contributed by atoms with Crippen LogP contribution in [0.5, 0.6) is 0 Å². The number of nitrogens with zero attached hydrogens (tertiary/aromatic N) is 1. The summed E-state index contributed by atoms with van der Waals surface area (Å²) in [5, 5.41) is 3.23. The van der Waals surface area contributed by atoms with Crippen molar-refractivity contribution in [3.8, 4) is 0 Å². The van der Waals surface area contributed by atoms with E-state index in [9.17, 15) is 9.18 Å². The molecule has 0 saturated carbocycles. The number of piperazine rings is 1. The van der Waals surface area contributed by atoms with E-state index in [0.717, 1.165) is 31.9 Å². The van der Waals surface area contributed by atoms with Gasteiger partial charge in [0, 0.05) is 37.9 Å². The maximum absolute atomic E-state index is 13.7. The van der Waals surface area contributed by atoms with E-state index in [4.69, 9.17) is 4.42 Å². The van der Waals surface area contributed by atoms with Crippen LogP contribution in [0.4, 0.5) is 10.1 Å². The monoisotopic (exact) mass is 237 g/mol. The number of H-pyrrole nitrogens is 1. The quantitative estimate of drug-likeness (QED) is 0.765. The number of rotatable bonds is 1. The predicted octanol–water partition coefficient (Wildman–Crippen LogP) is 0.670. The first kappa shape index (κ1) is 10.3. The Hall–Kier alpha value is -1.82. The minimum absolute atomic E-state index is 0.00566. The third-order valence-electron chi connectivity index (χ3n) is 2.94. The van der Waals surface area contributed by atoms with Gasteiger partial charge in [0.2, 0.25) is 0 Å². The van der Waals surface area contributed by atoms with Gasteiger partial charge in [-0.3, -0.25) is 4.98 Å². The Balaban J connectivity index is 2.07. The van der Waals surface area contributed by atoms with Gasteiger partial charge in [0.05, 0.1) is 5.52 Å². The maximum Gasteiger partial charge on any atom is 0.417 e. The van der Waals surface area contributed by atoms with Crippen LogP contribution in [-0.2, 0) is 0 Å². The lowest BCUT2D eigenvalue weighted by atomic mass is 10.2.